The predicted molar refractivity (Wildman–Crippen MR) is 261 cm³/mol. The van der Waals surface area contributed by atoms with Crippen molar-refractivity contribution in [1.29, 1.82) is 0 Å². The van der Waals surface area contributed by atoms with Crippen LogP contribution in [0.15, 0.2) is 0 Å². The molecule has 6 heteroatoms. The lowest BCUT2D eigenvalue weighted by molar-refractivity contribution is -0.167. The molecule has 0 aliphatic carbocycles. The second kappa shape index (κ2) is 47.9. The molecule has 0 bridgehead atoms. The molecule has 0 radical (unpaired) electrons. The third kappa shape index (κ3) is 47.7. The van der Waals surface area contributed by atoms with Crippen LogP contribution in [0.25, 0.3) is 0 Å². The van der Waals surface area contributed by atoms with Crippen LogP contribution in [0.4, 0.5) is 0 Å². The zero-order valence-corrected chi connectivity index (χ0v) is 41.8. The summed E-state index contributed by atoms with van der Waals surface area (Å²) >= 11 is 0. The summed E-state index contributed by atoms with van der Waals surface area (Å²) in [4.78, 5) is 38.0. The molecule has 0 N–H and O–H groups in total. The van der Waals surface area contributed by atoms with Crippen molar-refractivity contribution in [3.8, 4) is 0 Å². The Labute approximate surface area is 380 Å². The quantitative estimate of drug-likeness (QED) is 0.0344. The molecule has 2 atom stereocenters. The Hall–Kier alpha value is -1.59. The smallest absolute Gasteiger partial charge is 0.306 e. The van der Waals surface area contributed by atoms with E-state index in [9.17, 15) is 14.4 Å². The standard InChI is InChI=1S/C55H106O6/c1-6-8-9-10-11-12-13-14-18-21-24-30-35-40-45-53(56)59-48-52(61-55(58)47-42-37-32-27-26-28-33-38-43-50(3)4)49-60-54(57)46-41-36-31-25-22-19-16-15-17-20-23-29-34-39-44-51(5)7-2/h50-52H,6-49H2,1-5H3/t51?,52-/m1/s1. The molecule has 0 fully saturated rings. The van der Waals surface area contributed by atoms with E-state index in [2.05, 4.69) is 34.6 Å². The average Bonchev–Trinajstić information content (AvgIpc) is 3.24. The van der Waals surface area contributed by atoms with Gasteiger partial charge in [-0.1, -0.05) is 266 Å². The summed E-state index contributed by atoms with van der Waals surface area (Å²) < 4.78 is 16.8. The van der Waals surface area contributed by atoms with Gasteiger partial charge in [0.05, 0.1) is 0 Å². The summed E-state index contributed by atoms with van der Waals surface area (Å²) in [6.45, 7) is 11.4. The van der Waals surface area contributed by atoms with Gasteiger partial charge in [-0.15, -0.1) is 0 Å². The maximum Gasteiger partial charge on any atom is 0.306 e. The first-order valence-electron chi connectivity index (χ1n) is 27.3. The Morgan fingerprint density at radius 2 is 0.623 bits per heavy atom. The van der Waals surface area contributed by atoms with Crippen LogP contribution in [-0.2, 0) is 28.6 Å². The van der Waals surface area contributed by atoms with Gasteiger partial charge in [0.15, 0.2) is 6.10 Å². The van der Waals surface area contributed by atoms with Crippen LogP contribution in [0.5, 0.6) is 0 Å². The van der Waals surface area contributed by atoms with Crippen molar-refractivity contribution in [2.24, 2.45) is 11.8 Å². The number of carbonyl (C=O) groups is 3. The lowest BCUT2D eigenvalue weighted by atomic mass is 9.99. The fourth-order valence-corrected chi connectivity index (χ4v) is 8.31. The molecule has 0 aromatic rings. The second-order valence-electron chi connectivity index (χ2n) is 19.6. The normalized spacial score (nSPS) is 12.5. The molecule has 61 heavy (non-hydrogen) atoms. The largest absolute Gasteiger partial charge is 0.462 e. The Morgan fingerprint density at radius 3 is 0.934 bits per heavy atom. The molecule has 0 aliphatic heterocycles. The van der Waals surface area contributed by atoms with Crippen LogP contribution < -0.4 is 0 Å². The Kier molecular flexibility index (Phi) is 46.6. The number of hydrogen-bond acceptors (Lipinski definition) is 6. The van der Waals surface area contributed by atoms with Crippen molar-refractivity contribution in [2.75, 3.05) is 13.2 Å². The van der Waals surface area contributed by atoms with Gasteiger partial charge in [0.25, 0.3) is 0 Å². The molecule has 0 amide bonds. The molecule has 0 aromatic heterocycles. The van der Waals surface area contributed by atoms with Gasteiger partial charge in [-0.3, -0.25) is 14.4 Å². The minimum Gasteiger partial charge on any atom is -0.462 e. The number of ether oxygens (including phenoxy) is 3. The van der Waals surface area contributed by atoms with Gasteiger partial charge >= 0.3 is 17.9 Å². The summed E-state index contributed by atoms with van der Waals surface area (Å²) in [6, 6.07) is 0. The summed E-state index contributed by atoms with van der Waals surface area (Å²) in [5.41, 5.74) is 0. The van der Waals surface area contributed by atoms with Crippen LogP contribution in [-0.4, -0.2) is 37.2 Å². The fourth-order valence-electron chi connectivity index (χ4n) is 8.31. The molecule has 0 spiro atoms. The van der Waals surface area contributed by atoms with E-state index in [1.165, 1.54) is 193 Å². The first-order chi connectivity index (χ1) is 29.8. The van der Waals surface area contributed by atoms with Gasteiger partial charge < -0.3 is 14.2 Å². The van der Waals surface area contributed by atoms with Gasteiger partial charge in [-0.25, -0.2) is 0 Å². The van der Waals surface area contributed by atoms with Crippen molar-refractivity contribution in [2.45, 2.75) is 310 Å². The molecule has 1 unspecified atom stereocenters. The Morgan fingerprint density at radius 1 is 0.344 bits per heavy atom. The van der Waals surface area contributed by atoms with Gasteiger partial charge in [0.2, 0.25) is 0 Å². The third-order valence-electron chi connectivity index (χ3n) is 12.8. The van der Waals surface area contributed by atoms with Gasteiger partial charge in [-0.05, 0) is 31.1 Å². The molecule has 0 saturated carbocycles. The van der Waals surface area contributed by atoms with E-state index in [1.54, 1.807) is 0 Å². The third-order valence-corrected chi connectivity index (χ3v) is 12.8. The van der Waals surface area contributed by atoms with E-state index in [4.69, 9.17) is 14.2 Å². The Bertz CT molecular complexity index is 933. The molecule has 6 nitrogen and oxygen atoms in total. The SMILES string of the molecule is CCCCCCCCCCCCCCCCC(=O)OC[C@H](COC(=O)CCCCCCCCCCCCCCCCC(C)CC)OC(=O)CCCCCCCCCCC(C)C. The summed E-state index contributed by atoms with van der Waals surface area (Å²) in [6.07, 6.45) is 49.4. The van der Waals surface area contributed by atoms with E-state index < -0.39 is 6.10 Å². The Balaban J connectivity index is 4.26. The second-order valence-corrected chi connectivity index (χ2v) is 19.6. The van der Waals surface area contributed by atoms with Gasteiger partial charge in [0, 0.05) is 19.3 Å². The molecule has 0 rings (SSSR count). The maximum atomic E-state index is 12.8. The van der Waals surface area contributed by atoms with Crippen molar-refractivity contribution >= 4 is 17.9 Å². The van der Waals surface area contributed by atoms with Crippen molar-refractivity contribution < 1.29 is 28.6 Å². The van der Waals surface area contributed by atoms with E-state index in [0.29, 0.717) is 19.3 Å². The van der Waals surface area contributed by atoms with Crippen LogP contribution in [0.2, 0.25) is 0 Å². The zero-order chi connectivity index (χ0) is 44.7. The lowest BCUT2D eigenvalue weighted by Crippen LogP contribution is -2.30. The first-order valence-corrected chi connectivity index (χ1v) is 27.3. The highest BCUT2D eigenvalue weighted by atomic mass is 16.6. The molecule has 0 aliphatic rings. The summed E-state index contributed by atoms with van der Waals surface area (Å²) in [5.74, 6) is 0.843. The van der Waals surface area contributed by atoms with Crippen LogP contribution in [0.3, 0.4) is 0 Å². The molecule has 362 valence electrons. The van der Waals surface area contributed by atoms with Crippen LogP contribution in [0.1, 0.15) is 304 Å². The zero-order valence-electron chi connectivity index (χ0n) is 41.8. The highest BCUT2D eigenvalue weighted by molar-refractivity contribution is 5.71. The van der Waals surface area contributed by atoms with Crippen LogP contribution >= 0.6 is 0 Å². The minimum atomic E-state index is -0.762. The minimum absolute atomic E-state index is 0.0637. The van der Waals surface area contributed by atoms with Crippen molar-refractivity contribution in [3.63, 3.8) is 0 Å². The van der Waals surface area contributed by atoms with E-state index in [-0.39, 0.29) is 31.1 Å². The topological polar surface area (TPSA) is 78.9 Å². The van der Waals surface area contributed by atoms with E-state index in [1.807, 2.05) is 0 Å². The fraction of sp³-hybridized carbons (Fsp3) is 0.945. The molecule has 0 saturated heterocycles. The monoisotopic (exact) mass is 863 g/mol. The molecular formula is C55H106O6. The van der Waals surface area contributed by atoms with Crippen LogP contribution in [0, 0.1) is 11.8 Å². The van der Waals surface area contributed by atoms with Gasteiger partial charge in [0.1, 0.15) is 13.2 Å². The number of unbranched alkanes of at least 4 members (excludes halogenated alkanes) is 33. The molecule has 0 heterocycles. The first kappa shape index (κ1) is 59.4. The average molecular weight is 863 g/mol. The van der Waals surface area contributed by atoms with Crippen molar-refractivity contribution in [1.82, 2.24) is 0 Å². The summed E-state index contributed by atoms with van der Waals surface area (Å²) in [7, 11) is 0. The van der Waals surface area contributed by atoms with Crippen molar-refractivity contribution in [3.05, 3.63) is 0 Å². The van der Waals surface area contributed by atoms with E-state index >= 15 is 0 Å². The number of rotatable bonds is 49. The number of esters is 3. The maximum absolute atomic E-state index is 12.8. The molecule has 0 aromatic carbocycles. The molecular weight excluding hydrogens is 757 g/mol. The highest BCUT2D eigenvalue weighted by Gasteiger charge is 2.19. The summed E-state index contributed by atoms with van der Waals surface area (Å²) in [5, 5.41) is 0. The van der Waals surface area contributed by atoms with E-state index in [0.717, 1.165) is 69.6 Å². The highest BCUT2D eigenvalue weighted by Crippen LogP contribution is 2.18. The van der Waals surface area contributed by atoms with Gasteiger partial charge in [-0.2, -0.15) is 0 Å². The number of hydrogen-bond donors (Lipinski definition) is 0. The predicted octanol–water partition coefficient (Wildman–Crippen LogP) is 17.7. The number of carbonyl (C=O) groups excluding carboxylic acids is 3. The lowest BCUT2D eigenvalue weighted by Gasteiger charge is -2.18.